The molecule has 2 N–H and O–H groups in total. The van der Waals surface area contributed by atoms with Crippen LogP contribution in [0.4, 0.5) is 0 Å². The first-order valence-electron chi connectivity index (χ1n) is 7.79. The fourth-order valence-corrected chi connectivity index (χ4v) is 4.29. The van der Waals surface area contributed by atoms with E-state index in [2.05, 4.69) is 24.1 Å². The molecule has 1 saturated carbocycles. The molecule has 1 unspecified atom stereocenters. The lowest BCUT2D eigenvalue weighted by atomic mass is 9.65. The highest BCUT2D eigenvalue weighted by Gasteiger charge is 2.49. The highest BCUT2D eigenvalue weighted by molar-refractivity contribution is 5.46. The van der Waals surface area contributed by atoms with E-state index in [1.54, 1.807) is 14.2 Å². The third-order valence-corrected chi connectivity index (χ3v) is 5.53. The van der Waals surface area contributed by atoms with Crippen LogP contribution in [-0.2, 0) is 5.41 Å². The molecule has 1 aromatic carbocycles. The van der Waals surface area contributed by atoms with Gasteiger partial charge in [0.25, 0.3) is 0 Å². The molecule has 1 saturated heterocycles. The highest BCUT2D eigenvalue weighted by atomic mass is 16.5. The Kier molecular flexibility index (Phi) is 3.84. The van der Waals surface area contributed by atoms with Crippen LogP contribution < -0.4 is 15.2 Å². The van der Waals surface area contributed by atoms with Gasteiger partial charge in [-0.25, -0.2) is 0 Å². The smallest absolute Gasteiger partial charge is 0.161 e. The van der Waals surface area contributed by atoms with Gasteiger partial charge in [-0.2, -0.15) is 0 Å². The van der Waals surface area contributed by atoms with E-state index >= 15 is 0 Å². The van der Waals surface area contributed by atoms with Crippen molar-refractivity contribution < 1.29 is 9.47 Å². The summed E-state index contributed by atoms with van der Waals surface area (Å²) in [5.74, 6) is 1.63. The first-order chi connectivity index (χ1) is 10.1. The number of benzene rings is 1. The SMILES string of the molecule is COc1ccc(C23CC[C@@H](N)C[C@@H]2N(C)CC3)cc1OC. The minimum Gasteiger partial charge on any atom is -0.493 e. The summed E-state index contributed by atoms with van der Waals surface area (Å²) >= 11 is 0. The first-order valence-corrected chi connectivity index (χ1v) is 7.79. The monoisotopic (exact) mass is 290 g/mol. The van der Waals surface area contributed by atoms with Crippen molar-refractivity contribution in [2.24, 2.45) is 5.73 Å². The van der Waals surface area contributed by atoms with Crippen LogP contribution in [0.15, 0.2) is 18.2 Å². The summed E-state index contributed by atoms with van der Waals surface area (Å²) in [6, 6.07) is 7.29. The van der Waals surface area contributed by atoms with Crippen molar-refractivity contribution in [3.63, 3.8) is 0 Å². The Labute approximate surface area is 127 Å². The fraction of sp³-hybridized carbons (Fsp3) is 0.647. The van der Waals surface area contributed by atoms with Crippen LogP contribution in [0.3, 0.4) is 0 Å². The minimum atomic E-state index is 0.226. The van der Waals surface area contributed by atoms with Gasteiger partial charge in [0.2, 0.25) is 0 Å². The molecular weight excluding hydrogens is 264 g/mol. The number of methoxy groups -OCH3 is 2. The normalized spacial score (nSPS) is 32.8. The first kappa shape index (κ1) is 14.7. The van der Waals surface area contributed by atoms with Gasteiger partial charge < -0.3 is 20.1 Å². The van der Waals surface area contributed by atoms with Gasteiger partial charge in [-0.05, 0) is 57.0 Å². The topological polar surface area (TPSA) is 47.7 Å². The molecule has 2 fully saturated rings. The summed E-state index contributed by atoms with van der Waals surface area (Å²) < 4.78 is 10.9. The standard InChI is InChI=1S/C17H26N2O2/c1-19-9-8-17(7-6-13(18)11-16(17)19)12-4-5-14(20-2)15(10-12)21-3/h4-5,10,13,16H,6-9,11,18H2,1-3H3/t13-,16+,17?/m1/s1. The van der Waals surface area contributed by atoms with Gasteiger partial charge >= 0.3 is 0 Å². The lowest BCUT2D eigenvalue weighted by molar-refractivity contribution is 0.167. The van der Waals surface area contributed by atoms with Crippen LogP contribution in [-0.4, -0.2) is 44.8 Å². The largest absolute Gasteiger partial charge is 0.493 e. The molecule has 0 aromatic heterocycles. The molecule has 0 spiro atoms. The Bertz CT molecular complexity index is 520. The summed E-state index contributed by atoms with van der Waals surface area (Å²) in [7, 11) is 5.61. The van der Waals surface area contributed by atoms with Gasteiger partial charge in [-0.15, -0.1) is 0 Å². The van der Waals surface area contributed by atoms with Crippen LogP contribution in [0, 0.1) is 0 Å². The fourth-order valence-electron chi connectivity index (χ4n) is 4.29. The van der Waals surface area contributed by atoms with E-state index < -0.39 is 0 Å². The second-order valence-electron chi connectivity index (χ2n) is 6.51. The number of ether oxygens (including phenoxy) is 2. The number of fused-ring (bicyclic) bond motifs is 1. The average molecular weight is 290 g/mol. The van der Waals surface area contributed by atoms with E-state index in [9.17, 15) is 0 Å². The Hall–Kier alpha value is -1.26. The second kappa shape index (κ2) is 5.50. The van der Waals surface area contributed by atoms with Gasteiger partial charge in [0.05, 0.1) is 14.2 Å². The van der Waals surface area contributed by atoms with Crippen LogP contribution in [0.2, 0.25) is 0 Å². The lowest BCUT2D eigenvalue weighted by Gasteiger charge is -2.44. The molecule has 3 rings (SSSR count). The van der Waals surface area contributed by atoms with E-state index in [1.807, 2.05) is 6.07 Å². The summed E-state index contributed by atoms with van der Waals surface area (Å²) in [6.45, 7) is 1.14. The Morgan fingerprint density at radius 2 is 1.95 bits per heavy atom. The number of likely N-dealkylation sites (tertiary alicyclic amines) is 1. The molecular formula is C17H26N2O2. The molecule has 2 aliphatic rings. The number of nitrogens with zero attached hydrogens (tertiary/aromatic N) is 1. The number of rotatable bonds is 3. The Morgan fingerprint density at radius 1 is 1.19 bits per heavy atom. The zero-order chi connectivity index (χ0) is 15.0. The summed E-state index contributed by atoms with van der Waals surface area (Å²) in [5.41, 5.74) is 7.82. The average Bonchev–Trinajstić information content (AvgIpc) is 2.85. The number of nitrogens with two attached hydrogens (primary N) is 1. The number of likely N-dealkylation sites (N-methyl/N-ethyl adjacent to an activating group) is 1. The van der Waals surface area contributed by atoms with E-state index in [0.29, 0.717) is 12.1 Å². The van der Waals surface area contributed by atoms with Crippen molar-refractivity contribution in [2.45, 2.75) is 43.2 Å². The Balaban J connectivity index is 2.01. The molecule has 0 amide bonds. The maximum Gasteiger partial charge on any atom is 0.161 e. The van der Waals surface area contributed by atoms with Crippen LogP contribution in [0.1, 0.15) is 31.2 Å². The molecule has 1 aliphatic carbocycles. The summed E-state index contributed by atoms with van der Waals surface area (Å²) in [5, 5.41) is 0. The molecule has 116 valence electrons. The molecule has 0 bridgehead atoms. The predicted molar refractivity (Wildman–Crippen MR) is 84.1 cm³/mol. The van der Waals surface area contributed by atoms with E-state index in [-0.39, 0.29) is 5.41 Å². The molecule has 4 nitrogen and oxygen atoms in total. The van der Waals surface area contributed by atoms with E-state index in [1.165, 1.54) is 18.4 Å². The van der Waals surface area contributed by atoms with Crippen molar-refractivity contribution in [3.05, 3.63) is 23.8 Å². The van der Waals surface area contributed by atoms with E-state index in [0.717, 1.165) is 30.9 Å². The van der Waals surface area contributed by atoms with Crippen molar-refractivity contribution in [2.75, 3.05) is 27.8 Å². The zero-order valence-corrected chi connectivity index (χ0v) is 13.3. The van der Waals surface area contributed by atoms with Crippen molar-refractivity contribution >= 4 is 0 Å². The summed E-state index contributed by atoms with van der Waals surface area (Å²) in [4.78, 5) is 2.48. The van der Waals surface area contributed by atoms with Crippen LogP contribution in [0.25, 0.3) is 0 Å². The van der Waals surface area contributed by atoms with Crippen molar-refractivity contribution in [3.8, 4) is 11.5 Å². The maximum absolute atomic E-state index is 6.22. The third kappa shape index (κ3) is 2.30. The quantitative estimate of drug-likeness (QED) is 0.926. The van der Waals surface area contributed by atoms with Gasteiger partial charge in [0.15, 0.2) is 11.5 Å². The van der Waals surface area contributed by atoms with Gasteiger partial charge in [0, 0.05) is 17.5 Å². The van der Waals surface area contributed by atoms with Crippen LogP contribution >= 0.6 is 0 Å². The van der Waals surface area contributed by atoms with Crippen molar-refractivity contribution in [1.82, 2.24) is 4.90 Å². The zero-order valence-electron chi connectivity index (χ0n) is 13.3. The predicted octanol–water partition coefficient (Wildman–Crippen LogP) is 2.16. The van der Waals surface area contributed by atoms with Gasteiger partial charge in [-0.1, -0.05) is 6.07 Å². The molecule has 0 radical (unpaired) electrons. The van der Waals surface area contributed by atoms with Crippen molar-refractivity contribution in [1.29, 1.82) is 0 Å². The van der Waals surface area contributed by atoms with Crippen LogP contribution in [0.5, 0.6) is 11.5 Å². The molecule has 21 heavy (non-hydrogen) atoms. The van der Waals surface area contributed by atoms with E-state index in [4.69, 9.17) is 15.2 Å². The molecule has 4 heteroatoms. The van der Waals surface area contributed by atoms with Gasteiger partial charge in [0.1, 0.15) is 0 Å². The summed E-state index contributed by atoms with van der Waals surface area (Å²) in [6.07, 6.45) is 4.57. The maximum atomic E-state index is 6.22. The third-order valence-electron chi connectivity index (χ3n) is 5.53. The lowest BCUT2D eigenvalue weighted by Crippen LogP contribution is -2.49. The highest BCUT2D eigenvalue weighted by Crippen LogP contribution is 2.49. The number of hydrogen-bond acceptors (Lipinski definition) is 4. The molecule has 3 atom stereocenters. The minimum absolute atomic E-state index is 0.226. The molecule has 1 aromatic rings. The second-order valence-corrected chi connectivity index (χ2v) is 6.51. The molecule has 1 aliphatic heterocycles. The van der Waals surface area contributed by atoms with Gasteiger partial charge in [-0.3, -0.25) is 0 Å². The molecule has 1 heterocycles. The number of hydrogen-bond donors (Lipinski definition) is 1. The Morgan fingerprint density at radius 3 is 2.67 bits per heavy atom.